The molecular formula is C25H36N4O4. The van der Waals surface area contributed by atoms with E-state index in [0.29, 0.717) is 37.9 Å². The first-order valence-electron chi connectivity index (χ1n) is 12.1. The molecule has 1 saturated carbocycles. The van der Waals surface area contributed by atoms with Gasteiger partial charge in [0.25, 0.3) is 0 Å². The zero-order chi connectivity index (χ0) is 23.4. The molecule has 3 rings (SSSR count). The van der Waals surface area contributed by atoms with E-state index < -0.39 is 5.54 Å². The normalized spacial score (nSPS) is 15.5. The van der Waals surface area contributed by atoms with Gasteiger partial charge in [-0.3, -0.25) is 9.59 Å². The number of carbonyl (C=O) groups excluding carboxylic acids is 2. The van der Waals surface area contributed by atoms with E-state index in [2.05, 4.69) is 32.9 Å². The smallest absolute Gasteiger partial charge is 0.227 e. The van der Waals surface area contributed by atoms with Gasteiger partial charge in [-0.1, -0.05) is 61.2 Å². The number of amides is 2. The summed E-state index contributed by atoms with van der Waals surface area (Å²) in [7, 11) is 0. The summed E-state index contributed by atoms with van der Waals surface area (Å²) in [6.07, 6.45) is 8.25. The Bertz CT molecular complexity index is 860. The molecule has 1 aliphatic carbocycles. The van der Waals surface area contributed by atoms with E-state index in [-0.39, 0.29) is 18.2 Å². The van der Waals surface area contributed by atoms with Crippen LogP contribution in [0.15, 0.2) is 34.9 Å². The summed E-state index contributed by atoms with van der Waals surface area (Å²) in [6.45, 7) is 3.39. The summed E-state index contributed by atoms with van der Waals surface area (Å²) in [5.41, 5.74) is 0.698. The van der Waals surface area contributed by atoms with E-state index in [1.165, 1.54) is 12.5 Å². The molecule has 0 aliphatic heterocycles. The molecule has 2 N–H and O–H groups in total. The van der Waals surface area contributed by atoms with Crippen LogP contribution in [0.1, 0.15) is 75.6 Å². The van der Waals surface area contributed by atoms with Crippen LogP contribution in [-0.4, -0.2) is 41.7 Å². The summed E-state index contributed by atoms with van der Waals surface area (Å²) >= 11 is 0. The van der Waals surface area contributed by atoms with E-state index in [1.807, 2.05) is 18.2 Å². The summed E-state index contributed by atoms with van der Waals surface area (Å²) in [4.78, 5) is 28.5. The maximum Gasteiger partial charge on any atom is 0.227 e. The van der Waals surface area contributed by atoms with Gasteiger partial charge in [-0.05, 0) is 31.2 Å². The average molecular weight is 457 g/mol. The van der Waals surface area contributed by atoms with E-state index in [9.17, 15) is 9.59 Å². The minimum Gasteiger partial charge on any atom is -0.381 e. The van der Waals surface area contributed by atoms with E-state index in [0.717, 1.165) is 51.4 Å². The van der Waals surface area contributed by atoms with Crippen molar-refractivity contribution in [3.8, 4) is 0 Å². The molecule has 8 heteroatoms. The Morgan fingerprint density at radius 1 is 1.06 bits per heavy atom. The summed E-state index contributed by atoms with van der Waals surface area (Å²) in [5.74, 6) is 0.817. The highest BCUT2D eigenvalue weighted by atomic mass is 16.5. The number of nitrogens with one attached hydrogen (secondary N) is 2. The van der Waals surface area contributed by atoms with Crippen molar-refractivity contribution in [2.75, 3.05) is 19.8 Å². The molecule has 2 amide bonds. The number of ether oxygens (including phenoxy) is 1. The number of hydrogen-bond donors (Lipinski definition) is 2. The van der Waals surface area contributed by atoms with Crippen LogP contribution in [-0.2, 0) is 32.7 Å². The Balaban J connectivity index is 1.34. The molecule has 0 spiro atoms. The third-order valence-electron chi connectivity index (χ3n) is 6.00. The minimum absolute atomic E-state index is 0.0509. The highest BCUT2D eigenvalue weighted by molar-refractivity contribution is 5.76. The maximum absolute atomic E-state index is 12.2. The fraction of sp³-hybridized carbons (Fsp3) is 0.600. The second-order valence-corrected chi connectivity index (χ2v) is 8.74. The molecule has 8 nitrogen and oxygen atoms in total. The van der Waals surface area contributed by atoms with Gasteiger partial charge >= 0.3 is 0 Å². The van der Waals surface area contributed by atoms with Crippen molar-refractivity contribution >= 4 is 11.8 Å². The van der Waals surface area contributed by atoms with Gasteiger partial charge in [-0.2, -0.15) is 4.98 Å². The van der Waals surface area contributed by atoms with Gasteiger partial charge in [0, 0.05) is 32.9 Å². The van der Waals surface area contributed by atoms with Crippen LogP contribution < -0.4 is 10.6 Å². The van der Waals surface area contributed by atoms with Crippen molar-refractivity contribution in [1.82, 2.24) is 20.8 Å². The highest BCUT2D eigenvalue weighted by Crippen LogP contribution is 2.34. The second-order valence-electron chi connectivity index (χ2n) is 8.74. The van der Waals surface area contributed by atoms with Gasteiger partial charge < -0.3 is 19.9 Å². The van der Waals surface area contributed by atoms with Gasteiger partial charge in [-0.25, -0.2) is 0 Å². The van der Waals surface area contributed by atoms with Gasteiger partial charge in [0.1, 0.15) is 5.54 Å². The van der Waals surface area contributed by atoms with Crippen molar-refractivity contribution in [2.24, 2.45) is 0 Å². The van der Waals surface area contributed by atoms with Crippen molar-refractivity contribution in [2.45, 2.75) is 76.7 Å². The minimum atomic E-state index is -0.563. The Labute approximate surface area is 195 Å². The lowest BCUT2D eigenvalue weighted by Gasteiger charge is -2.30. The molecule has 180 valence electrons. The first kappa shape index (κ1) is 24.9. The van der Waals surface area contributed by atoms with Crippen LogP contribution in [0.5, 0.6) is 0 Å². The van der Waals surface area contributed by atoms with Crippen LogP contribution in [0.2, 0.25) is 0 Å². The summed E-state index contributed by atoms with van der Waals surface area (Å²) in [5, 5.41) is 10.1. The molecule has 0 bridgehead atoms. The van der Waals surface area contributed by atoms with E-state index in [1.54, 1.807) is 0 Å². The van der Waals surface area contributed by atoms with Crippen LogP contribution >= 0.6 is 0 Å². The molecule has 33 heavy (non-hydrogen) atoms. The maximum atomic E-state index is 12.2. The van der Waals surface area contributed by atoms with Crippen molar-refractivity contribution in [1.29, 1.82) is 0 Å². The number of rotatable bonds is 12. The Hall–Kier alpha value is -2.74. The molecule has 1 heterocycles. The molecule has 1 aliphatic rings. The predicted molar refractivity (Wildman–Crippen MR) is 124 cm³/mol. The summed E-state index contributed by atoms with van der Waals surface area (Å²) < 4.78 is 11.1. The van der Waals surface area contributed by atoms with E-state index >= 15 is 0 Å². The molecular weight excluding hydrogens is 420 g/mol. The molecule has 1 fully saturated rings. The van der Waals surface area contributed by atoms with E-state index in [4.69, 9.17) is 9.26 Å². The average Bonchev–Trinajstić information content (AvgIpc) is 3.17. The number of carbonyl (C=O) groups is 2. The van der Waals surface area contributed by atoms with Gasteiger partial charge in [0.15, 0.2) is 5.82 Å². The van der Waals surface area contributed by atoms with Crippen LogP contribution in [0.3, 0.4) is 0 Å². The second kappa shape index (κ2) is 13.1. The zero-order valence-electron chi connectivity index (χ0n) is 19.6. The highest BCUT2D eigenvalue weighted by Gasteiger charge is 2.38. The van der Waals surface area contributed by atoms with Crippen molar-refractivity contribution in [3.05, 3.63) is 47.6 Å². The summed E-state index contributed by atoms with van der Waals surface area (Å²) in [6, 6.07) is 10.2. The first-order chi connectivity index (χ1) is 16.1. The zero-order valence-corrected chi connectivity index (χ0v) is 19.6. The standard InChI is InChI=1S/C25H36N4O4/c1-20(30)28-25(15-7-2-3-8-16-25)24-27-23(33-29-24)13-12-22(31)26-17-9-18-32-19-14-21-10-5-4-6-11-21/h4-6,10-11H,2-3,7-9,12-19H2,1H3,(H,26,31)(H,28,30). The lowest BCUT2D eigenvalue weighted by Crippen LogP contribution is -2.45. The first-order valence-corrected chi connectivity index (χ1v) is 12.1. The fourth-order valence-corrected chi connectivity index (χ4v) is 4.27. The number of benzene rings is 1. The van der Waals surface area contributed by atoms with Gasteiger partial charge in [0.05, 0.1) is 6.61 Å². The van der Waals surface area contributed by atoms with Gasteiger partial charge in [0.2, 0.25) is 17.7 Å². The molecule has 0 atom stereocenters. The lowest BCUT2D eigenvalue weighted by molar-refractivity contribution is -0.122. The lowest BCUT2D eigenvalue weighted by atomic mass is 9.89. The fourth-order valence-electron chi connectivity index (χ4n) is 4.27. The van der Waals surface area contributed by atoms with Crippen LogP contribution in [0, 0.1) is 0 Å². The molecule has 2 aromatic rings. The SMILES string of the molecule is CC(=O)NC1(c2noc(CCC(=O)NCCCOCCc3ccccc3)n2)CCCCCC1. The predicted octanol–water partition coefficient (Wildman–Crippen LogP) is 3.45. The Morgan fingerprint density at radius 3 is 2.55 bits per heavy atom. The van der Waals surface area contributed by atoms with Crippen molar-refractivity contribution < 1.29 is 18.8 Å². The molecule has 0 unspecified atom stereocenters. The number of nitrogens with zero attached hydrogens (tertiary/aromatic N) is 2. The molecule has 0 saturated heterocycles. The van der Waals surface area contributed by atoms with Crippen LogP contribution in [0.4, 0.5) is 0 Å². The molecule has 1 aromatic carbocycles. The largest absolute Gasteiger partial charge is 0.381 e. The quantitative estimate of drug-likeness (QED) is 0.374. The monoisotopic (exact) mass is 456 g/mol. The third kappa shape index (κ3) is 8.28. The Morgan fingerprint density at radius 2 is 1.82 bits per heavy atom. The number of hydrogen-bond acceptors (Lipinski definition) is 6. The molecule has 1 aromatic heterocycles. The van der Waals surface area contributed by atoms with Crippen LogP contribution in [0.25, 0.3) is 0 Å². The third-order valence-corrected chi connectivity index (χ3v) is 6.00. The number of aryl methyl sites for hydroxylation is 1. The van der Waals surface area contributed by atoms with Crippen molar-refractivity contribution in [3.63, 3.8) is 0 Å². The van der Waals surface area contributed by atoms with Gasteiger partial charge in [-0.15, -0.1) is 0 Å². The molecule has 0 radical (unpaired) electrons. The Kier molecular flexibility index (Phi) is 9.87. The number of aromatic nitrogens is 2. The topological polar surface area (TPSA) is 106 Å².